The normalized spacial score (nSPS) is 11.1. The minimum absolute atomic E-state index is 0.673. The van der Waals surface area contributed by atoms with E-state index in [2.05, 4.69) is 11.2 Å². The van der Waals surface area contributed by atoms with E-state index in [-0.39, 0.29) is 0 Å². The summed E-state index contributed by atoms with van der Waals surface area (Å²) in [7, 11) is 0. The van der Waals surface area contributed by atoms with E-state index in [4.69, 9.17) is 17.3 Å². The van der Waals surface area contributed by atoms with Crippen LogP contribution < -0.4 is 5.73 Å². The third-order valence-corrected chi connectivity index (χ3v) is 3.38. The number of imidazole rings is 1. The Kier molecular flexibility index (Phi) is 3.61. The maximum absolute atomic E-state index is 6.03. The third-order valence-electron chi connectivity index (χ3n) is 2.46. The summed E-state index contributed by atoms with van der Waals surface area (Å²) in [5, 5.41) is 0.673. The second kappa shape index (κ2) is 4.97. The van der Waals surface area contributed by atoms with Gasteiger partial charge in [-0.05, 0) is 37.0 Å². The van der Waals surface area contributed by atoms with E-state index in [1.165, 1.54) is 0 Å². The van der Waals surface area contributed by atoms with E-state index in [0.29, 0.717) is 10.8 Å². The topological polar surface area (TPSA) is 43.3 Å². The van der Waals surface area contributed by atoms with Crippen LogP contribution >= 0.6 is 23.4 Å². The molecule has 2 rings (SSSR count). The number of fused-ring (bicyclic) bond motifs is 1. The zero-order chi connectivity index (χ0) is 11.5. The van der Waals surface area contributed by atoms with Crippen molar-refractivity contribution < 1.29 is 0 Å². The van der Waals surface area contributed by atoms with Crippen LogP contribution in [0.5, 0.6) is 0 Å². The monoisotopic (exact) mass is 255 g/mol. The lowest BCUT2D eigenvalue weighted by Gasteiger charge is -1.98. The fourth-order valence-electron chi connectivity index (χ4n) is 1.65. The number of hydrogen-bond donors (Lipinski definition) is 1. The number of pyridine rings is 1. The van der Waals surface area contributed by atoms with E-state index in [0.717, 1.165) is 29.9 Å². The number of hydrogen-bond acceptors (Lipinski definition) is 3. The maximum Gasteiger partial charge on any atom is 0.138 e. The molecule has 86 valence electrons. The van der Waals surface area contributed by atoms with E-state index in [1.54, 1.807) is 6.20 Å². The summed E-state index contributed by atoms with van der Waals surface area (Å²) in [5.74, 6) is 1.84. The number of nitrogens with two attached hydrogens (primary N) is 1. The van der Waals surface area contributed by atoms with Gasteiger partial charge in [-0.25, -0.2) is 4.98 Å². The first-order chi connectivity index (χ1) is 7.72. The summed E-state index contributed by atoms with van der Waals surface area (Å²) in [4.78, 5) is 4.50. The van der Waals surface area contributed by atoms with Crippen molar-refractivity contribution in [1.29, 1.82) is 0 Å². The molecule has 0 saturated carbocycles. The van der Waals surface area contributed by atoms with Crippen molar-refractivity contribution in [2.24, 2.45) is 0 Å². The molecule has 0 radical (unpaired) electrons. The Hall–Kier alpha value is -0.870. The summed E-state index contributed by atoms with van der Waals surface area (Å²) in [6.07, 6.45) is 5.93. The molecule has 2 heterocycles. The Morgan fingerprint density at radius 3 is 3.06 bits per heavy atom. The van der Waals surface area contributed by atoms with Crippen LogP contribution in [0, 0.1) is 0 Å². The lowest BCUT2D eigenvalue weighted by molar-refractivity contribution is 0.908. The SMILES string of the molecule is CSCCCc1nc2ccc(Cl)cn2c1N. The van der Waals surface area contributed by atoms with E-state index < -0.39 is 0 Å². The smallest absolute Gasteiger partial charge is 0.138 e. The quantitative estimate of drug-likeness (QED) is 0.855. The van der Waals surface area contributed by atoms with Crippen LogP contribution in [-0.2, 0) is 6.42 Å². The van der Waals surface area contributed by atoms with Crippen molar-refractivity contribution in [3.05, 3.63) is 29.0 Å². The predicted molar refractivity (Wildman–Crippen MR) is 71.3 cm³/mol. The minimum Gasteiger partial charge on any atom is -0.383 e. The molecule has 2 aromatic rings. The molecule has 0 aliphatic rings. The molecule has 2 aromatic heterocycles. The fraction of sp³-hybridized carbons (Fsp3) is 0.364. The summed E-state index contributed by atoms with van der Waals surface area (Å²) in [6.45, 7) is 0. The first-order valence-electron chi connectivity index (χ1n) is 5.13. The van der Waals surface area contributed by atoms with Gasteiger partial charge in [-0.15, -0.1) is 0 Å². The van der Waals surface area contributed by atoms with Crippen molar-refractivity contribution >= 4 is 34.8 Å². The first kappa shape index (κ1) is 11.6. The van der Waals surface area contributed by atoms with Gasteiger partial charge >= 0.3 is 0 Å². The van der Waals surface area contributed by atoms with E-state index >= 15 is 0 Å². The molecule has 0 fully saturated rings. The summed E-state index contributed by atoms with van der Waals surface area (Å²) in [6, 6.07) is 3.71. The average Bonchev–Trinajstić information content (AvgIpc) is 2.57. The molecule has 0 spiro atoms. The highest BCUT2D eigenvalue weighted by molar-refractivity contribution is 7.98. The van der Waals surface area contributed by atoms with Gasteiger partial charge in [-0.3, -0.25) is 4.40 Å². The molecule has 0 unspecified atom stereocenters. The molecule has 0 atom stereocenters. The molecule has 0 amide bonds. The Bertz CT molecular complexity index is 495. The van der Waals surface area contributed by atoms with Gasteiger partial charge in [-0.1, -0.05) is 11.6 Å². The number of nitrogen functional groups attached to an aromatic ring is 1. The van der Waals surface area contributed by atoms with Crippen LogP contribution in [-0.4, -0.2) is 21.4 Å². The van der Waals surface area contributed by atoms with Crippen LogP contribution in [0.15, 0.2) is 18.3 Å². The molecule has 0 saturated heterocycles. The average molecular weight is 256 g/mol. The van der Waals surface area contributed by atoms with Crippen LogP contribution in [0.2, 0.25) is 5.02 Å². The molecule has 16 heavy (non-hydrogen) atoms. The summed E-state index contributed by atoms with van der Waals surface area (Å²) < 4.78 is 1.84. The molecule has 0 aliphatic heterocycles. The third kappa shape index (κ3) is 2.28. The molecular formula is C11H14ClN3S. The lowest BCUT2D eigenvalue weighted by atomic mass is 10.2. The predicted octanol–water partition coefficient (Wildman–Crippen LogP) is 2.87. The zero-order valence-corrected chi connectivity index (χ0v) is 10.7. The molecular weight excluding hydrogens is 242 g/mol. The van der Waals surface area contributed by atoms with Crippen LogP contribution in [0.3, 0.4) is 0 Å². The minimum atomic E-state index is 0.673. The van der Waals surface area contributed by atoms with Gasteiger partial charge in [0.15, 0.2) is 0 Å². The van der Waals surface area contributed by atoms with Crippen molar-refractivity contribution in [1.82, 2.24) is 9.38 Å². The van der Waals surface area contributed by atoms with Crippen LogP contribution in [0.1, 0.15) is 12.1 Å². The second-order valence-corrected chi connectivity index (χ2v) is 5.04. The van der Waals surface area contributed by atoms with Crippen molar-refractivity contribution in [2.75, 3.05) is 17.7 Å². The number of nitrogens with zero attached hydrogens (tertiary/aromatic N) is 2. The van der Waals surface area contributed by atoms with Gasteiger partial charge in [0.05, 0.1) is 10.7 Å². The number of thioether (sulfide) groups is 1. The molecule has 0 aliphatic carbocycles. The van der Waals surface area contributed by atoms with Crippen LogP contribution in [0.4, 0.5) is 5.82 Å². The Balaban J connectivity index is 2.29. The Morgan fingerprint density at radius 1 is 1.50 bits per heavy atom. The van der Waals surface area contributed by atoms with Crippen LogP contribution in [0.25, 0.3) is 5.65 Å². The van der Waals surface area contributed by atoms with Crippen molar-refractivity contribution in [3.63, 3.8) is 0 Å². The standard InChI is InChI=1S/C11H14ClN3S/c1-16-6-2-3-9-11(13)15-7-8(12)4-5-10(15)14-9/h4-5,7H,2-3,6,13H2,1H3. The first-order valence-corrected chi connectivity index (χ1v) is 6.90. The number of aryl methyl sites for hydroxylation is 1. The van der Waals surface area contributed by atoms with E-state index in [1.807, 2.05) is 28.3 Å². The second-order valence-electron chi connectivity index (χ2n) is 3.62. The van der Waals surface area contributed by atoms with Gasteiger partial charge in [0.25, 0.3) is 0 Å². The highest BCUT2D eigenvalue weighted by Gasteiger charge is 2.08. The molecule has 0 bridgehead atoms. The number of anilines is 1. The maximum atomic E-state index is 6.03. The molecule has 5 heteroatoms. The van der Waals surface area contributed by atoms with E-state index in [9.17, 15) is 0 Å². The highest BCUT2D eigenvalue weighted by Crippen LogP contribution is 2.19. The van der Waals surface area contributed by atoms with Gasteiger partial charge < -0.3 is 5.73 Å². The Morgan fingerprint density at radius 2 is 2.31 bits per heavy atom. The lowest BCUT2D eigenvalue weighted by Crippen LogP contribution is -1.97. The van der Waals surface area contributed by atoms with Crippen molar-refractivity contribution in [2.45, 2.75) is 12.8 Å². The number of halogens is 1. The molecule has 0 aromatic carbocycles. The Labute approximate surface area is 104 Å². The van der Waals surface area contributed by atoms with Gasteiger partial charge in [0.2, 0.25) is 0 Å². The van der Waals surface area contributed by atoms with Gasteiger partial charge in [0, 0.05) is 6.20 Å². The summed E-state index contributed by atoms with van der Waals surface area (Å²) in [5.41, 5.74) is 7.86. The fourth-order valence-corrected chi connectivity index (χ4v) is 2.25. The van der Waals surface area contributed by atoms with Gasteiger partial charge in [-0.2, -0.15) is 11.8 Å². The zero-order valence-electron chi connectivity index (χ0n) is 9.11. The summed E-state index contributed by atoms with van der Waals surface area (Å²) >= 11 is 7.76. The number of aromatic nitrogens is 2. The number of rotatable bonds is 4. The highest BCUT2D eigenvalue weighted by atomic mass is 35.5. The van der Waals surface area contributed by atoms with Crippen molar-refractivity contribution in [3.8, 4) is 0 Å². The molecule has 3 nitrogen and oxygen atoms in total. The molecule has 2 N–H and O–H groups in total. The largest absolute Gasteiger partial charge is 0.383 e. The van der Waals surface area contributed by atoms with Gasteiger partial charge in [0.1, 0.15) is 11.5 Å².